The van der Waals surface area contributed by atoms with Gasteiger partial charge in [-0.15, -0.1) is 0 Å². The maximum Gasteiger partial charge on any atom is 0.254 e. The highest BCUT2D eigenvalue weighted by molar-refractivity contribution is 5.98. The molecule has 1 saturated carbocycles. The van der Waals surface area contributed by atoms with Crippen LogP contribution in [0.25, 0.3) is 0 Å². The zero-order chi connectivity index (χ0) is 22.0. The zero-order valence-electron chi connectivity index (χ0n) is 17.6. The Balaban J connectivity index is 1.52. The number of hydrogen-bond donors (Lipinski definition) is 4. The molecule has 1 aliphatic carbocycles. The minimum atomic E-state index is -0.580. The van der Waals surface area contributed by atoms with E-state index in [0.29, 0.717) is 24.1 Å². The van der Waals surface area contributed by atoms with Crippen molar-refractivity contribution in [1.29, 1.82) is 0 Å². The standard InChI is InChI=1S/C22H31FN6O2/c23-15-1-3-16(4-2-15)26-21-19(20(25)31)13-29(27-21)22(14-24)9-5-17(6-10-22)28-11-7-18(30)8-12-28/h1-4,13,17-18,30H,5-12,14,24H2,(H2,25,31)(H,26,27). The molecule has 0 unspecified atom stereocenters. The molecule has 0 atom stereocenters. The number of anilines is 2. The van der Waals surface area contributed by atoms with Crippen LogP contribution in [0.4, 0.5) is 15.9 Å². The lowest BCUT2D eigenvalue weighted by atomic mass is 9.78. The Bertz CT molecular complexity index is 899. The van der Waals surface area contributed by atoms with Gasteiger partial charge in [-0.25, -0.2) is 4.39 Å². The van der Waals surface area contributed by atoms with E-state index in [2.05, 4.69) is 15.3 Å². The Kier molecular flexibility index (Phi) is 6.27. The lowest BCUT2D eigenvalue weighted by molar-refractivity contribution is 0.0325. The smallest absolute Gasteiger partial charge is 0.254 e. The van der Waals surface area contributed by atoms with Gasteiger partial charge in [0.05, 0.1) is 11.6 Å². The summed E-state index contributed by atoms with van der Waals surface area (Å²) in [5.74, 6) is -0.573. The number of nitrogens with two attached hydrogens (primary N) is 2. The summed E-state index contributed by atoms with van der Waals surface area (Å²) in [6, 6.07) is 6.32. The van der Waals surface area contributed by atoms with Crippen LogP contribution in [0.15, 0.2) is 30.5 Å². The number of primary amides is 1. The zero-order valence-corrected chi connectivity index (χ0v) is 17.6. The fourth-order valence-corrected chi connectivity index (χ4v) is 4.84. The molecule has 0 radical (unpaired) electrons. The third-order valence-electron chi connectivity index (χ3n) is 6.85. The Hall–Kier alpha value is -2.49. The van der Waals surface area contributed by atoms with Crippen LogP contribution in [0.3, 0.4) is 0 Å². The van der Waals surface area contributed by atoms with Crippen LogP contribution in [-0.2, 0) is 5.54 Å². The molecule has 31 heavy (non-hydrogen) atoms. The molecule has 0 spiro atoms. The summed E-state index contributed by atoms with van der Waals surface area (Å²) in [5, 5.41) is 17.5. The van der Waals surface area contributed by atoms with Gasteiger partial charge < -0.3 is 26.8 Å². The van der Waals surface area contributed by atoms with Crippen molar-refractivity contribution in [2.24, 2.45) is 11.5 Å². The first kappa shape index (κ1) is 21.7. The van der Waals surface area contributed by atoms with E-state index in [0.717, 1.165) is 51.6 Å². The molecular formula is C22H31FN6O2. The minimum Gasteiger partial charge on any atom is -0.393 e. The number of aliphatic hydroxyl groups is 1. The van der Waals surface area contributed by atoms with Crippen molar-refractivity contribution in [3.63, 3.8) is 0 Å². The number of nitrogens with zero attached hydrogens (tertiary/aromatic N) is 3. The van der Waals surface area contributed by atoms with Gasteiger partial charge in [-0.2, -0.15) is 5.10 Å². The Morgan fingerprint density at radius 1 is 1.19 bits per heavy atom. The SMILES string of the molecule is NCC1(n2cc(C(N)=O)c(Nc3ccc(F)cc3)n2)CCC(N2CCC(O)CC2)CC1. The van der Waals surface area contributed by atoms with Crippen molar-refractivity contribution in [3.05, 3.63) is 41.8 Å². The number of aromatic nitrogens is 2. The molecule has 9 heteroatoms. The third kappa shape index (κ3) is 4.58. The summed E-state index contributed by atoms with van der Waals surface area (Å²) in [7, 11) is 0. The van der Waals surface area contributed by atoms with Crippen LogP contribution >= 0.6 is 0 Å². The van der Waals surface area contributed by atoms with Crippen molar-refractivity contribution in [2.75, 3.05) is 25.0 Å². The highest BCUT2D eigenvalue weighted by Crippen LogP contribution is 2.37. The van der Waals surface area contributed by atoms with Crippen molar-refractivity contribution in [1.82, 2.24) is 14.7 Å². The number of likely N-dealkylation sites (tertiary alicyclic amines) is 1. The predicted octanol–water partition coefficient (Wildman–Crippen LogP) is 1.92. The molecule has 1 saturated heterocycles. The highest BCUT2D eigenvalue weighted by Gasteiger charge is 2.39. The van der Waals surface area contributed by atoms with Gasteiger partial charge >= 0.3 is 0 Å². The second-order valence-corrected chi connectivity index (χ2v) is 8.76. The van der Waals surface area contributed by atoms with Crippen LogP contribution in [-0.4, -0.2) is 57.5 Å². The Morgan fingerprint density at radius 2 is 1.84 bits per heavy atom. The quantitative estimate of drug-likeness (QED) is 0.555. The van der Waals surface area contributed by atoms with Gasteiger partial charge in [0.15, 0.2) is 5.82 Å². The summed E-state index contributed by atoms with van der Waals surface area (Å²) in [4.78, 5) is 14.5. The molecule has 2 aromatic rings. The van der Waals surface area contributed by atoms with Gasteiger partial charge in [0, 0.05) is 37.6 Å². The monoisotopic (exact) mass is 430 g/mol. The van der Waals surface area contributed by atoms with E-state index in [9.17, 15) is 14.3 Å². The van der Waals surface area contributed by atoms with E-state index >= 15 is 0 Å². The van der Waals surface area contributed by atoms with Crippen LogP contribution in [0.2, 0.25) is 0 Å². The molecule has 2 fully saturated rings. The summed E-state index contributed by atoms with van der Waals surface area (Å²) in [6.45, 7) is 2.27. The van der Waals surface area contributed by atoms with E-state index in [4.69, 9.17) is 11.5 Å². The van der Waals surface area contributed by atoms with Crippen molar-refractivity contribution >= 4 is 17.4 Å². The average molecular weight is 431 g/mol. The first-order valence-electron chi connectivity index (χ1n) is 10.9. The van der Waals surface area contributed by atoms with E-state index in [-0.39, 0.29) is 23.0 Å². The number of halogens is 1. The Morgan fingerprint density at radius 3 is 2.42 bits per heavy atom. The van der Waals surface area contributed by atoms with Gasteiger partial charge in [-0.1, -0.05) is 0 Å². The molecule has 0 bridgehead atoms. The van der Waals surface area contributed by atoms with E-state index in [1.165, 1.54) is 12.1 Å². The number of nitrogens with one attached hydrogen (secondary N) is 1. The molecule has 1 aromatic heterocycles. The normalized spacial score (nSPS) is 25.5. The van der Waals surface area contributed by atoms with Gasteiger partial charge in [0.25, 0.3) is 5.91 Å². The summed E-state index contributed by atoms with van der Waals surface area (Å²) >= 11 is 0. The second kappa shape index (κ2) is 8.94. The molecule has 1 aliphatic heterocycles. The fraction of sp³-hybridized carbons (Fsp3) is 0.545. The summed E-state index contributed by atoms with van der Waals surface area (Å²) in [6.07, 6.45) is 6.84. The molecule has 2 aliphatic rings. The maximum absolute atomic E-state index is 13.2. The number of piperidine rings is 1. The van der Waals surface area contributed by atoms with E-state index in [1.807, 2.05) is 0 Å². The van der Waals surface area contributed by atoms with Gasteiger partial charge in [-0.05, 0) is 62.8 Å². The van der Waals surface area contributed by atoms with Crippen molar-refractivity contribution in [2.45, 2.75) is 56.2 Å². The lowest BCUT2D eigenvalue weighted by Gasteiger charge is -2.44. The van der Waals surface area contributed by atoms with Gasteiger partial charge in [0.2, 0.25) is 0 Å². The average Bonchev–Trinajstić information content (AvgIpc) is 3.21. The highest BCUT2D eigenvalue weighted by atomic mass is 19.1. The first-order valence-corrected chi connectivity index (χ1v) is 10.9. The third-order valence-corrected chi connectivity index (χ3v) is 6.85. The molecule has 168 valence electrons. The van der Waals surface area contributed by atoms with Gasteiger partial charge in [-0.3, -0.25) is 9.48 Å². The largest absolute Gasteiger partial charge is 0.393 e. The summed E-state index contributed by atoms with van der Waals surface area (Å²) < 4.78 is 15.0. The topological polar surface area (TPSA) is 122 Å². The first-order chi connectivity index (χ1) is 14.9. The molecule has 2 heterocycles. The van der Waals surface area contributed by atoms with Crippen LogP contribution in [0.5, 0.6) is 0 Å². The second-order valence-electron chi connectivity index (χ2n) is 8.76. The molecule has 1 aromatic carbocycles. The predicted molar refractivity (Wildman–Crippen MR) is 117 cm³/mol. The number of aliphatic hydroxyl groups excluding tert-OH is 1. The van der Waals surface area contributed by atoms with Gasteiger partial charge in [0.1, 0.15) is 11.4 Å². The van der Waals surface area contributed by atoms with E-state index < -0.39 is 5.91 Å². The lowest BCUT2D eigenvalue weighted by Crippen LogP contribution is -2.50. The molecular weight excluding hydrogens is 399 g/mol. The number of amides is 1. The fourth-order valence-electron chi connectivity index (χ4n) is 4.84. The van der Waals surface area contributed by atoms with Crippen LogP contribution < -0.4 is 16.8 Å². The molecule has 4 rings (SSSR count). The molecule has 1 amide bonds. The van der Waals surface area contributed by atoms with Crippen molar-refractivity contribution in [3.8, 4) is 0 Å². The number of carbonyl (C=O) groups is 1. The number of benzene rings is 1. The number of rotatable bonds is 6. The van der Waals surface area contributed by atoms with Crippen molar-refractivity contribution < 1.29 is 14.3 Å². The Labute approximate surface area is 181 Å². The summed E-state index contributed by atoms with van der Waals surface area (Å²) in [5.41, 5.74) is 12.4. The van der Waals surface area contributed by atoms with Crippen LogP contribution in [0, 0.1) is 5.82 Å². The maximum atomic E-state index is 13.2. The molecule has 6 N–H and O–H groups in total. The van der Waals surface area contributed by atoms with E-state index in [1.54, 1.807) is 23.0 Å². The van der Waals surface area contributed by atoms with Crippen LogP contribution in [0.1, 0.15) is 48.9 Å². The number of hydrogen-bond acceptors (Lipinski definition) is 6. The molecule has 8 nitrogen and oxygen atoms in total. The minimum absolute atomic E-state index is 0.175. The number of carbonyl (C=O) groups excluding carboxylic acids is 1.